The Labute approximate surface area is 173 Å². The van der Waals surface area contributed by atoms with Gasteiger partial charge in [-0.2, -0.15) is 0 Å². The molecule has 27 heavy (non-hydrogen) atoms. The van der Waals surface area contributed by atoms with Crippen LogP contribution in [-0.4, -0.2) is 29.9 Å². The van der Waals surface area contributed by atoms with Gasteiger partial charge in [-0.1, -0.05) is 0 Å². The van der Waals surface area contributed by atoms with E-state index in [1.165, 1.54) is 43.0 Å². The maximum absolute atomic E-state index is 11.8. The fraction of sp³-hybridized carbons (Fsp3) is 0.833. The number of hydrogen-bond donors (Lipinski definition) is 0. The zero-order valence-electron chi connectivity index (χ0n) is 19.2. The fourth-order valence-electron chi connectivity index (χ4n) is 3.96. The minimum atomic E-state index is -2.04. The zero-order chi connectivity index (χ0) is 20.8. The Hall–Kier alpha value is -0.121. The van der Waals surface area contributed by atoms with Crippen LogP contribution >= 0.6 is 0 Å². The molecule has 3 heteroatoms. The zero-order valence-corrected chi connectivity index (χ0v) is 22.0. The molecule has 0 amide bonds. The van der Waals surface area contributed by atoms with Gasteiger partial charge in [0.2, 0.25) is 0 Å². The molecule has 0 fully saturated rings. The minimum absolute atomic E-state index is 0.00731. The van der Waals surface area contributed by atoms with E-state index in [1.54, 1.807) is 27.2 Å². The summed E-state index contributed by atoms with van der Waals surface area (Å²) in [4.78, 5) is 23.7. The first-order valence-corrected chi connectivity index (χ1v) is 19.5. The second-order valence-electron chi connectivity index (χ2n) is 8.82. The van der Waals surface area contributed by atoms with Gasteiger partial charge in [-0.15, -0.1) is 0 Å². The Kier molecular flexibility index (Phi) is 14.8. The van der Waals surface area contributed by atoms with Gasteiger partial charge in [0, 0.05) is 0 Å². The number of unbranched alkanes of at least 4 members (excludes halogenated alkanes) is 4. The third kappa shape index (κ3) is 10.3. The summed E-state index contributed by atoms with van der Waals surface area (Å²) in [6.07, 6.45) is 15.7. The first kappa shape index (κ1) is 26.9. The van der Waals surface area contributed by atoms with Crippen LogP contribution in [0.3, 0.4) is 0 Å². The normalized spacial score (nSPS) is 12.7. The van der Waals surface area contributed by atoms with E-state index in [2.05, 4.69) is 32.9 Å². The molecule has 0 heterocycles. The van der Waals surface area contributed by atoms with Gasteiger partial charge in [-0.25, -0.2) is 0 Å². The van der Waals surface area contributed by atoms with Crippen LogP contribution in [0.1, 0.15) is 99.3 Å². The summed E-state index contributed by atoms with van der Waals surface area (Å²) in [5.74, 6) is 0.0146. The van der Waals surface area contributed by atoms with Crippen molar-refractivity contribution in [3.63, 3.8) is 0 Å². The molecule has 0 spiro atoms. The molecule has 0 atom stereocenters. The number of ketones is 2. The summed E-state index contributed by atoms with van der Waals surface area (Å²) in [7, 11) is 0. The van der Waals surface area contributed by atoms with E-state index in [0.29, 0.717) is 6.42 Å². The number of rotatable bonds is 17. The summed E-state index contributed by atoms with van der Waals surface area (Å²) < 4.78 is 6.07. The average molecular weight is 485 g/mol. The van der Waals surface area contributed by atoms with Gasteiger partial charge in [-0.05, 0) is 0 Å². The number of allylic oxidation sites excluding steroid dienone is 2. The van der Waals surface area contributed by atoms with E-state index in [9.17, 15) is 9.59 Å². The summed E-state index contributed by atoms with van der Waals surface area (Å²) >= 11 is -2.04. The SMILES string of the molecule is CCC[CH2][Sn]([CH2]/C=C/CCCC(C)(C(C)=O)C(C)=O)([CH2]CCC)[CH2]CCC. The molecule has 158 valence electrons. The van der Waals surface area contributed by atoms with Gasteiger partial charge in [0.1, 0.15) is 0 Å². The van der Waals surface area contributed by atoms with E-state index in [4.69, 9.17) is 0 Å². The summed E-state index contributed by atoms with van der Waals surface area (Å²) in [5.41, 5.74) is -0.778. The van der Waals surface area contributed by atoms with Gasteiger partial charge in [0.05, 0.1) is 0 Å². The molecule has 2 nitrogen and oxygen atoms in total. The summed E-state index contributed by atoms with van der Waals surface area (Å²) in [5, 5.41) is 0. The Morgan fingerprint density at radius 1 is 0.778 bits per heavy atom. The third-order valence-electron chi connectivity index (χ3n) is 6.50. The van der Waals surface area contributed by atoms with E-state index >= 15 is 0 Å². The van der Waals surface area contributed by atoms with Crippen molar-refractivity contribution in [2.45, 2.75) is 117 Å². The molecule has 0 N–H and O–H groups in total. The van der Waals surface area contributed by atoms with E-state index in [-0.39, 0.29) is 11.6 Å². The van der Waals surface area contributed by atoms with Crippen LogP contribution in [0, 0.1) is 5.41 Å². The van der Waals surface area contributed by atoms with Crippen LogP contribution < -0.4 is 0 Å². The Bertz CT molecular complexity index is 418. The first-order chi connectivity index (χ1) is 12.8. The van der Waals surface area contributed by atoms with Crippen molar-refractivity contribution < 1.29 is 9.59 Å². The molecule has 0 radical (unpaired) electrons. The Morgan fingerprint density at radius 2 is 1.22 bits per heavy atom. The van der Waals surface area contributed by atoms with Crippen LogP contribution in [0.4, 0.5) is 0 Å². The van der Waals surface area contributed by atoms with Gasteiger partial charge in [-0.3, -0.25) is 0 Å². The monoisotopic (exact) mass is 486 g/mol. The van der Waals surface area contributed by atoms with Gasteiger partial charge in [0.25, 0.3) is 0 Å². The maximum atomic E-state index is 11.8. The molecular formula is C24H46O2Sn. The van der Waals surface area contributed by atoms with Gasteiger partial charge in [0.15, 0.2) is 0 Å². The summed E-state index contributed by atoms with van der Waals surface area (Å²) in [6.45, 7) is 11.9. The molecule has 0 saturated heterocycles. The standard InChI is InChI=1S/C12H19O2.3C4H9.Sn/c1-5-6-7-8-9-12(4,10(2)13)11(3)14;3*1-3-4-2;/h5-6H,1,7-9H2,2-4H3;3*1,3-4H2,2H3;/b6-5+;;;;. The van der Waals surface area contributed by atoms with E-state index in [0.717, 1.165) is 12.8 Å². The molecule has 0 aliphatic rings. The van der Waals surface area contributed by atoms with Crippen LogP contribution in [0.25, 0.3) is 0 Å². The summed E-state index contributed by atoms with van der Waals surface area (Å²) in [6, 6.07) is 0. The Morgan fingerprint density at radius 3 is 1.59 bits per heavy atom. The molecule has 0 aromatic heterocycles. The molecule has 0 aliphatic heterocycles. The van der Waals surface area contributed by atoms with Crippen LogP contribution in [-0.2, 0) is 9.59 Å². The molecule has 0 bridgehead atoms. The molecular weight excluding hydrogens is 439 g/mol. The van der Waals surface area contributed by atoms with Crippen molar-refractivity contribution in [3.8, 4) is 0 Å². The van der Waals surface area contributed by atoms with Crippen molar-refractivity contribution in [2.24, 2.45) is 5.41 Å². The quantitative estimate of drug-likeness (QED) is 0.0914. The first-order valence-electron chi connectivity index (χ1n) is 11.4. The van der Waals surface area contributed by atoms with E-state index in [1.807, 2.05) is 6.92 Å². The average Bonchev–Trinajstić information content (AvgIpc) is 2.64. The van der Waals surface area contributed by atoms with Crippen molar-refractivity contribution in [1.29, 1.82) is 0 Å². The second-order valence-corrected chi connectivity index (χ2v) is 22.8. The molecule has 0 aromatic carbocycles. The molecule has 0 saturated carbocycles. The van der Waals surface area contributed by atoms with Crippen LogP contribution in [0.2, 0.25) is 17.7 Å². The Balaban J connectivity index is 4.74. The number of carbonyl (C=O) groups excluding carboxylic acids is 2. The van der Waals surface area contributed by atoms with Crippen molar-refractivity contribution >= 4 is 29.9 Å². The predicted octanol–water partition coefficient (Wildman–Crippen LogP) is 7.75. The molecule has 0 aliphatic carbocycles. The third-order valence-corrected chi connectivity index (χ3v) is 21.8. The number of hydrogen-bond acceptors (Lipinski definition) is 2. The fourth-order valence-corrected chi connectivity index (χ4v) is 19.2. The van der Waals surface area contributed by atoms with E-state index < -0.39 is 23.8 Å². The van der Waals surface area contributed by atoms with Crippen molar-refractivity contribution in [2.75, 3.05) is 0 Å². The van der Waals surface area contributed by atoms with Crippen molar-refractivity contribution in [1.82, 2.24) is 0 Å². The number of carbonyl (C=O) groups is 2. The van der Waals surface area contributed by atoms with Gasteiger partial charge >= 0.3 is 174 Å². The van der Waals surface area contributed by atoms with Crippen LogP contribution in [0.15, 0.2) is 12.2 Å². The van der Waals surface area contributed by atoms with Crippen LogP contribution in [0.5, 0.6) is 0 Å². The van der Waals surface area contributed by atoms with Crippen molar-refractivity contribution in [3.05, 3.63) is 12.2 Å². The topological polar surface area (TPSA) is 34.1 Å². The second kappa shape index (κ2) is 14.8. The van der Waals surface area contributed by atoms with Gasteiger partial charge < -0.3 is 0 Å². The molecule has 0 unspecified atom stereocenters. The molecule has 0 rings (SSSR count). The predicted molar refractivity (Wildman–Crippen MR) is 122 cm³/mol. The number of Topliss-reactive ketones (excluding diaryl/α,β-unsaturated/α-hetero) is 2. The molecule has 0 aromatic rings.